The van der Waals surface area contributed by atoms with Crippen LogP contribution in [0.15, 0.2) is 35.5 Å². The quantitative estimate of drug-likeness (QED) is 0.679. The molecule has 0 saturated carbocycles. The second-order valence-electron chi connectivity index (χ2n) is 6.56. The highest BCUT2D eigenvalue weighted by Crippen LogP contribution is 2.39. The van der Waals surface area contributed by atoms with E-state index in [9.17, 15) is 4.79 Å². The molecule has 2 aliphatic rings. The molecular formula is C19H18Cl2N2O3S. The maximum atomic E-state index is 12.7. The second-order valence-corrected chi connectivity index (χ2v) is 8.23. The van der Waals surface area contributed by atoms with Crippen LogP contribution in [0.5, 0.6) is 5.75 Å². The third-order valence-electron chi connectivity index (χ3n) is 4.85. The highest BCUT2D eigenvalue weighted by molar-refractivity contribution is 7.98. The number of amides is 1. The zero-order valence-corrected chi connectivity index (χ0v) is 16.9. The monoisotopic (exact) mass is 424 g/mol. The molecule has 2 aromatic rings. The first-order valence-corrected chi connectivity index (χ1v) is 10.6. The predicted molar refractivity (Wildman–Crippen MR) is 107 cm³/mol. The highest BCUT2D eigenvalue weighted by atomic mass is 35.5. The van der Waals surface area contributed by atoms with Gasteiger partial charge in [0, 0.05) is 29.3 Å². The minimum Gasteiger partial charge on any atom is -0.486 e. The summed E-state index contributed by atoms with van der Waals surface area (Å²) in [5.74, 6) is 0.384. The molecular weight excluding hydrogens is 407 g/mol. The normalized spacial score (nSPS) is 23.4. The molecule has 5 nitrogen and oxygen atoms in total. The number of fused-ring (bicyclic) bond motifs is 2. The number of aromatic nitrogens is 1. The fourth-order valence-electron chi connectivity index (χ4n) is 3.50. The Morgan fingerprint density at radius 1 is 1.30 bits per heavy atom. The fraction of sp³-hybridized carbons (Fsp3) is 0.368. The zero-order valence-electron chi connectivity index (χ0n) is 14.6. The zero-order chi connectivity index (χ0) is 19.0. The molecule has 0 spiro atoms. The SMILES string of the molecule is CSc1ccc(C(=O)Nc2c(Cl)cncc2Cl)cc1OC1CC2CCC1O2. The van der Waals surface area contributed by atoms with Crippen molar-refractivity contribution in [3.8, 4) is 5.75 Å². The van der Waals surface area contributed by atoms with E-state index in [1.54, 1.807) is 23.9 Å². The highest BCUT2D eigenvalue weighted by Gasteiger charge is 2.42. The van der Waals surface area contributed by atoms with E-state index in [-0.39, 0.29) is 28.2 Å². The van der Waals surface area contributed by atoms with Gasteiger partial charge in [0.25, 0.3) is 5.91 Å². The smallest absolute Gasteiger partial charge is 0.255 e. The van der Waals surface area contributed by atoms with E-state index in [0.717, 1.165) is 24.2 Å². The van der Waals surface area contributed by atoms with Gasteiger partial charge in [-0.3, -0.25) is 9.78 Å². The van der Waals surface area contributed by atoms with Gasteiger partial charge in [0.15, 0.2) is 0 Å². The molecule has 2 aliphatic heterocycles. The number of carbonyl (C=O) groups excluding carboxylic acids is 1. The predicted octanol–water partition coefficient (Wildman–Crippen LogP) is 5.06. The lowest BCUT2D eigenvalue weighted by atomic mass is 9.98. The molecule has 3 unspecified atom stereocenters. The summed E-state index contributed by atoms with van der Waals surface area (Å²) in [7, 11) is 0. The summed E-state index contributed by atoms with van der Waals surface area (Å²) in [6.07, 6.45) is 8.38. The number of hydrogen-bond donors (Lipinski definition) is 1. The lowest BCUT2D eigenvalue weighted by Crippen LogP contribution is -2.28. The minimum absolute atomic E-state index is 0.0389. The maximum Gasteiger partial charge on any atom is 0.255 e. The third-order valence-corrected chi connectivity index (χ3v) is 6.20. The Balaban J connectivity index is 1.55. The van der Waals surface area contributed by atoms with Gasteiger partial charge in [0.05, 0.1) is 27.9 Å². The van der Waals surface area contributed by atoms with E-state index in [4.69, 9.17) is 32.7 Å². The Morgan fingerprint density at radius 2 is 2.07 bits per heavy atom. The number of halogens is 2. The first-order chi connectivity index (χ1) is 13.0. The number of pyridine rings is 1. The van der Waals surface area contributed by atoms with Gasteiger partial charge in [-0.15, -0.1) is 11.8 Å². The van der Waals surface area contributed by atoms with Gasteiger partial charge >= 0.3 is 0 Å². The van der Waals surface area contributed by atoms with Gasteiger partial charge < -0.3 is 14.8 Å². The van der Waals surface area contributed by atoms with Crippen LogP contribution in [0.1, 0.15) is 29.6 Å². The molecule has 1 N–H and O–H groups in total. The van der Waals surface area contributed by atoms with Crippen molar-refractivity contribution in [3.05, 3.63) is 46.2 Å². The Kier molecular flexibility index (Phi) is 5.50. The van der Waals surface area contributed by atoms with E-state index in [2.05, 4.69) is 10.3 Å². The van der Waals surface area contributed by atoms with Crippen LogP contribution in [-0.2, 0) is 4.74 Å². The van der Waals surface area contributed by atoms with Crippen molar-refractivity contribution in [2.75, 3.05) is 11.6 Å². The van der Waals surface area contributed by atoms with Gasteiger partial charge in [0.2, 0.25) is 0 Å². The van der Waals surface area contributed by atoms with Crippen molar-refractivity contribution < 1.29 is 14.3 Å². The summed E-state index contributed by atoms with van der Waals surface area (Å²) in [5, 5.41) is 3.32. The molecule has 2 saturated heterocycles. The van der Waals surface area contributed by atoms with Gasteiger partial charge in [-0.1, -0.05) is 23.2 Å². The van der Waals surface area contributed by atoms with Crippen LogP contribution in [0.4, 0.5) is 5.69 Å². The van der Waals surface area contributed by atoms with Gasteiger partial charge in [-0.05, 0) is 37.3 Å². The molecule has 1 amide bonds. The van der Waals surface area contributed by atoms with Gasteiger partial charge in [-0.25, -0.2) is 0 Å². The maximum absolute atomic E-state index is 12.7. The lowest BCUT2D eigenvalue weighted by Gasteiger charge is -2.22. The van der Waals surface area contributed by atoms with Gasteiger partial charge in [0.1, 0.15) is 11.9 Å². The van der Waals surface area contributed by atoms with E-state index in [0.29, 0.717) is 23.1 Å². The number of rotatable bonds is 5. The largest absolute Gasteiger partial charge is 0.486 e. The third kappa shape index (κ3) is 3.90. The Hall–Kier alpha value is -1.47. The summed E-state index contributed by atoms with van der Waals surface area (Å²) in [5.41, 5.74) is 0.812. The molecule has 142 valence electrons. The van der Waals surface area contributed by atoms with Crippen molar-refractivity contribution in [1.82, 2.24) is 4.98 Å². The van der Waals surface area contributed by atoms with E-state index in [1.165, 1.54) is 12.4 Å². The molecule has 2 bridgehead atoms. The van der Waals surface area contributed by atoms with Crippen molar-refractivity contribution in [2.45, 2.75) is 42.5 Å². The van der Waals surface area contributed by atoms with Crippen molar-refractivity contribution >= 4 is 46.6 Å². The fourth-order valence-corrected chi connectivity index (χ4v) is 4.48. The Morgan fingerprint density at radius 3 is 2.70 bits per heavy atom. The molecule has 3 heterocycles. The molecule has 1 aromatic carbocycles. The van der Waals surface area contributed by atoms with E-state index in [1.807, 2.05) is 12.3 Å². The Labute approximate surface area is 171 Å². The average molecular weight is 425 g/mol. The topological polar surface area (TPSA) is 60.5 Å². The second kappa shape index (κ2) is 7.87. The van der Waals surface area contributed by atoms with Crippen LogP contribution >= 0.6 is 35.0 Å². The minimum atomic E-state index is -0.313. The van der Waals surface area contributed by atoms with Crippen LogP contribution in [0.25, 0.3) is 0 Å². The molecule has 27 heavy (non-hydrogen) atoms. The summed E-state index contributed by atoms with van der Waals surface area (Å²) in [6, 6.07) is 5.41. The first kappa shape index (κ1) is 18.9. The number of ether oxygens (including phenoxy) is 2. The summed E-state index contributed by atoms with van der Waals surface area (Å²) >= 11 is 13.8. The summed E-state index contributed by atoms with van der Waals surface area (Å²) in [4.78, 5) is 17.6. The average Bonchev–Trinajstić information content (AvgIpc) is 3.28. The summed E-state index contributed by atoms with van der Waals surface area (Å²) in [6.45, 7) is 0. The number of benzene rings is 1. The van der Waals surface area contributed by atoms with Crippen molar-refractivity contribution in [2.24, 2.45) is 0 Å². The van der Waals surface area contributed by atoms with Gasteiger partial charge in [-0.2, -0.15) is 0 Å². The summed E-state index contributed by atoms with van der Waals surface area (Å²) < 4.78 is 12.1. The molecule has 0 radical (unpaired) electrons. The number of hydrogen-bond acceptors (Lipinski definition) is 5. The number of nitrogens with one attached hydrogen (secondary N) is 1. The van der Waals surface area contributed by atoms with Crippen molar-refractivity contribution in [3.63, 3.8) is 0 Å². The number of anilines is 1. The molecule has 0 aliphatic carbocycles. The van der Waals surface area contributed by atoms with Crippen LogP contribution in [0.3, 0.4) is 0 Å². The van der Waals surface area contributed by atoms with Crippen LogP contribution < -0.4 is 10.1 Å². The van der Waals surface area contributed by atoms with E-state index >= 15 is 0 Å². The molecule has 1 aromatic heterocycles. The number of nitrogens with zero attached hydrogens (tertiary/aromatic N) is 1. The molecule has 3 atom stereocenters. The lowest BCUT2D eigenvalue weighted by molar-refractivity contribution is 0.0629. The van der Waals surface area contributed by atoms with E-state index < -0.39 is 0 Å². The molecule has 2 fully saturated rings. The number of thioether (sulfide) groups is 1. The first-order valence-electron chi connectivity index (χ1n) is 8.65. The van der Waals surface area contributed by atoms with Crippen molar-refractivity contribution in [1.29, 1.82) is 0 Å². The molecule has 8 heteroatoms. The van der Waals surface area contributed by atoms with Crippen LogP contribution in [-0.4, -0.2) is 35.5 Å². The number of carbonyl (C=O) groups is 1. The molecule has 4 rings (SSSR count). The van der Waals surface area contributed by atoms with Crippen LogP contribution in [0, 0.1) is 0 Å². The Bertz CT molecular complexity index is 860. The standard InChI is InChI=1S/C19H18Cl2N2O3S/c1-27-17-5-2-10(19(24)23-18-12(20)8-22-9-13(18)21)6-16(17)26-15-7-11-3-4-14(15)25-11/h2,5-6,8-9,11,14-15H,3-4,7H2,1H3,(H,22,23,24). The van der Waals surface area contributed by atoms with Crippen LogP contribution in [0.2, 0.25) is 10.0 Å².